The quantitative estimate of drug-likeness (QED) is 0.713. The van der Waals surface area contributed by atoms with Crippen molar-refractivity contribution in [3.63, 3.8) is 0 Å². The predicted molar refractivity (Wildman–Crippen MR) is 90.9 cm³/mol. The summed E-state index contributed by atoms with van der Waals surface area (Å²) in [4.78, 5) is 9.49. The first-order valence-corrected chi connectivity index (χ1v) is 8.46. The van der Waals surface area contributed by atoms with Crippen LogP contribution in [0.5, 0.6) is 0 Å². The maximum atomic E-state index is 13.3. The number of alkyl halides is 3. The van der Waals surface area contributed by atoms with E-state index in [0.29, 0.717) is 12.4 Å². The maximum absolute atomic E-state index is 13.3. The highest BCUT2D eigenvalue weighted by atomic mass is 19.4. The summed E-state index contributed by atoms with van der Waals surface area (Å²) in [7, 11) is 0. The molecule has 26 heavy (non-hydrogen) atoms. The Morgan fingerprint density at radius 3 is 2.69 bits per heavy atom. The molecule has 1 fully saturated rings. The first-order chi connectivity index (χ1) is 12.4. The molecular weight excluding hydrogens is 343 g/mol. The number of fused-ring (bicyclic) bond motifs is 1. The fourth-order valence-corrected chi connectivity index (χ4v) is 3.77. The molecule has 0 saturated carbocycles. The molecule has 1 aliphatic rings. The lowest BCUT2D eigenvalue weighted by Crippen LogP contribution is -2.44. The van der Waals surface area contributed by atoms with E-state index in [1.807, 2.05) is 35.2 Å². The molecule has 4 rings (SSSR count). The second kappa shape index (κ2) is 5.96. The summed E-state index contributed by atoms with van der Waals surface area (Å²) in [6, 6.07) is 11.1. The largest absolute Gasteiger partial charge is 0.433 e. The van der Waals surface area contributed by atoms with Crippen molar-refractivity contribution in [3.05, 3.63) is 54.0 Å². The van der Waals surface area contributed by atoms with Crippen molar-refractivity contribution >= 4 is 11.6 Å². The molecule has 136 valence electrons. The molecule has 0 radical (unpaired) electrons. The normalized spacial score (nSPS) is 20.8. The third kappa shape index (κ3) is 2.89. The second-order valence-electron chi connectivity index (χ2n) is 6.88. The number of halogens is 3. The van der Waals surface area contributed by atoms with Crippen LogP contribution in [0.15, 0.2) is 42.7 Å². The van der Waals surface area contributed by atoms with Gasteiger partial charge in [-0.25, -0.2) is 4.98 Å². The van der Waals surface area contributed by atoms with Gasteiger partial charge in [0.1, 0.15) is 12.1 Å². The predicted octanol–water partition coefficient (Wildman–Crippen LogP) is 3.74. The van der Waals surface area contributed by atoms with E-state index in [1.165, 1.54) is 10.8 Å². The van der Waals surface area contributed by atoms with Gasteiger partial charge in [-0.2, -0.15) is 27.8 Å². The smallest absolute Gasteiger partial charge is 0.351 e. The van der Waals surface area contributed by atoms with Gasteiger partial charge in [-0.15, -0.1) is 0 Å². The molecule has 0 N–H and O–H groups in total. The molecule has 0 spiro atoms. The molecule has 3 aromatic rings. The number of hydrogen-bond acceptors (Lipinski definition) is 4. The van der Waals surface area contributed by atoms with Crippen LogP contribution in [0, 0.1) is 0 Å². The third-order valence-corrected chi connectivity index (χ3v) is 4.98. The summed E-state index contributed by atoms with van der Waals surface area (Å²) >= 11 is 0. The third-order valence-electron chi connectivity index (χ3n) is 4.98. The molecule has 1 saturated heterocycles. The zero-order valence-electron chi connectivity index (χ0n) is 14.2. The lowest BCUT2D eigenvalue weighted by molar-refractivity contribution is -0.141. The van der Waals surface area contributed by atoms with Crippen LogP contribution in [0.3, 0.4) is 0 Å². The fraction of sp³-hybridized carbons (Fsp3) is 0.389. The van der Waals surface area contributed by atoms with Gasteiger partial charge < -0.3 is 4.90 Å². The lowest BCUT2D eigenvalue weighted by atomic mass is 9.90. The van der Waals surface area contributed by atoms with Crippen LogP contribution in [0.25, 0.3) is 5.78 Å². The summed E-state index contributed by atoms with van der Waals surface area (Å²) in [5, 5.41) is 4.09. The van der Waals surface area contributed by atoms with Crippen molar-refractivity contribution in [2.75, 3.05) is 11.4 Å². The standard InChI is InChI=1S/C18H18F3N5/c1-17(11-13-6-3-2-4-7-13)8-5-9-25(17)15-10-14(18(19,20)21)24-16-22-12-23-26(15)16/h2-4,6-7,10,12H,5,8-9,11H2,1H3/t17-/m1/s1. The van der Waals surface area contributed by atoms with Crippen molar-refractivity contribution in [1.82, 2.24) is 19.6 Å². The van der Waals surface area contributed by atoms with Gasteiger partial charge >= 0.3 is 6.18 Å². The van der Waals surface area contributed by atoms with Gasteiger partial charge in [-0.1, -0.05) is 30.3 Å². The minimum Gasteiger partial charge on any atom is -0.351 e. The van der Waals surface area contributed by atoms with Crippen LogP contribution in [-0.2, 0) is 12.6 Å². The molecular formula is C18H18F3N5. The minimum absolute atomic E-state index is 0.0382. The number of aromatic nitrogens is 4. The van der Waals surface area contributed by atoms with Crippen LogP contribution in [0.4, 0.5) is 19.0 Å². The van der Waals surface area contributed by atoms with Gasteiger partial charge in [0.05, 0.1) is 0 Å². The van der Waals surface area contributed by atoms with Crippen LogP contribution in [0.1, 0.15) is 31.0 Å². The molecule has 8 heteroatoms. The van der Waals surface area contributed by atoms with Gasteiger partial charge in [0.2, 0.25) is 0 Å². The number of benzene rings is 1. The summed E-state index contributed by atoms with van der Waals surface area (Å²) in [5.74, 6) is 0.347. The van der Waals surface area contributed by atoms with Gasteiger partial charge in [-0.05, 0) is 31.7 Å². The fourth-order valence-electron chi connectivity index (χ4n) is 3.77. The Balaban J connectivity index is 1.79. The van der Waals surface area contributed by atoms with E-state index < -0.39 is 11.9 Å². The molecule has 3 heterocycles. The number of nitrogens with zero attached hydrogens (tertiary/aromatic N) is 5. The van der Waals surface area contributed by atoms with Gasteiger partial charge in [0.15, 0.2) is 5.69 Å². The van der Waals surface area contributed by atoms with E-state index in [1.54, 1.807) is 0 Å². The molecule has 0 bridgehead atoms. The highest BCUT2D eigenvalue weighted by Gasteiger charge is 2.40. The lowest BCUT2D eigenvalue weighted by Gasteiger charge is -2.37. The van der Waals surface area contributed by atoms with Crippen LogP contribution in [0.2, 0.25) is 0 Å². The number of hydrogen-bond donors (Lipinski definition) is 0. The monoisotopic (exact) mass is 361 g/mol. The first kappa shape index (κ1) is 16.8. The van der Waals surface area contributed by atoms with E-state index in [4.69, 9.17) is 0 Å². The second-order valence-corrected chi connectivity index (χ2v) is 6.88. The summed E-state index contributed by atoms with van der Waals surface area (Å²) in [5.41, 5.74) is -0.0893. The topological polar surface area (TPSA) is 46.3 Å². The Hall–Kier alpha value is -2.64. The van der Waals surface area contributed by atoms with Crippen molar-refractivity contribution < 1.29 is 13.2 Å². The van der Waals surface area contributed by atoms with Gasteiger partial charge in [0.25, 0.3) is 5.78 Å². The van der Waals surface area contributed by atoms with Crippen molar-refractivity contribution in [2.24, 2.45) is 0 Å². The Morgan fingerprint density at radius 2 is 1.96 bits per heavy atom. The zero-order chi connectivity index (χ0) is 18.4. The Labute approximate surface area is 148 Å². The summed E-state index contributed by atoms with van der Waals surface area (Å²) < 4.78 is 41.3. The molecule has 5 nitrogen and oxygen atoms in total. The van der Waals surface area contributed by atoms with Crippen molar-refractivity contribution in [2.45, 2.75) is 37.9 Å². The molecule has 1 aliphatic heterocycles. The van der Waals surface area contributed by atoms with Crippen molar-refractivity contribution in [1.29, 1.82) is 0 Å². The highest BCUT2D eigenvalue weighted by molar-refractivity contribution is 5.51. The average molecular weight is 361 g/mol. The van der Waals surface area contributed by atoms with E-state index in [-0.39, 0.29) is 11.3 Å². The minimum atomic E-state index is -4.53. The Morgan fingerprint density at radius 1 is 1.19 bits per heavy atom. The molecule has 0 unspecified atom stereocenters. The van der Waals surface area contributed by atoms with E-state index in [2.05, 4.69) is 22.0 Å². The van der Waals surface area contributed by atoms with Crippen LogP contribution in [-0.4, -0.2) is 31.7 Å². The SMILES string of the molecule is C[C@]1(Cc2ccccc2)CCCN1c1cc(C(F)(F)F)nc2ncnn12. The van der Waals surface area contributed by atoms with Gasteiger partial charge in [0, 0.05) is 18.2 Å². The van der Waals surface area contributed by atoms with E-state index in [9.17, 15) is 13.2 Å². The molecule has 2 aromatic heterocycles. The number of anilines is 1. The van der Waals surface area contributed by atoms with Gasteiger partial charge in [-0.3, -0.25) is 0 Å². The van der Waals surface area contributed by atoms with Crippen LogP contribution < -0.4 is 4.90 Å². The molecule has 0 aliphatic carbocycles. The summed E-state index contributed by atoms with van der Waals surface area (Å²) in [6.07, 6.45) is -0.757. The Bertz CT molecular complexity index is 921. The zero-order valence-corrected chi connectivity index (χ0v) is 14.2. The highest BCUT2D eigenvalue weighted by Crippen LogP contribution is 2.38. The first-order valence-electron chi connectivity index (χ1n) is 8.46. The maximum Gasteiger partial charge on any atom is 0.433 e. The molecule has 1 atom stereocenters. The summed E-state index contributed by atoms with van der Waals surface area (Å²) in [6.45, 7) is 2.75. The molecule has 0 amide bonds. The molecule has 1 aromatic carbocycles. The van der Waals surface area contributed by atoms with Crippen LogP contribution >= 0.6 is 0 Å². The average Bonchev–Trinajstić information content (AvgIpc) is 3.20. The van der Waals surface area contributed by atoms with Crippen molar-refractivity contribution in [3.8, 4) is 0 Å². The number of rotatable bonds is 3. The Kier molecular flexibility index (Phi) is 3.86. The van der Waals surface area contributed by atoms with E-state index in [0.717, 1.165) is 30.9 Å². The van der Waals surface area contributed by atoms with E-state index >= 15 is 0 Å².